The maximum absolute atomic E-state index is 12.0. The lowest BCUT2D eigenvalue weighted by molar-refractivity contribution is 0.262. The summed E-state index contributed by atoms with van der Waals surface area (Å²) in [5.41, 5.74) is 2.36. The SMILES string of the molecule is Cn1nc(NC(=O)Nc2cccnc2Cl)cc1-c1ccccc1. The number of anilines is 2. The van der Waals surface area contributed by atoms with E-state index in [9.17, 15) is 4.79 Å². The van der Waals surface area contributed by atoms with Crippen molar-refractivity contribution in [3.8, 4) is 11.3 Å². The maximum Gasteiger partial charge on any atom is 0.324 e. The fourth-order valence-corrected chi connectivity index (χ4v) is 2.32. The summed E-state index contributed by atoms with van der Waals surface area (Å²) in [7, 11) is 1.82. The molecule has 3 aromatic rings. The second kappa shape index (κ2) is 6.50. The summed E-state index contributed by atoms with van der Waals surface area (Å²) in [6.07, 6.45) is 1.55. The fraction of sp³-hybridized carbons (Fsp3) is 0.0625. The highest BCUT2D eigenvalue weighted by atomic mass is 35.5. The highest BCUT2D eigenvalue weighted by Gasteiger charge is 2.11. The van der Waals surface area contributed by atoms with Crippen LogP contribution in [-0.2, 0) is 7.05 Å². The minimum atomic E-state index is -0.433. The molecule has 3 rings (SSSR count). The molecule has 2 heterocycles. The van der Waals surface area contributed by atoms with Gasteiger partial charge in [0.15, 0.2) is 11.0 Å². The number of rotatable bonds is 3. The molecule has 0 fully saturated rings. The van der Waals surface area contributed by atoms with Gasteiger partial charge in [-0.25, -0.2) is 9.78 Å². The molecule has 0 spiro atoms. The Labute approximate surface area is 138 Å². The van der Waals surface area contributed by atoms with Crippen molar-refractivity contribution in [1.82, 2.24) is 14.8 Å². The number of nitrogens with one attached hydrogen (secondary N) is 2. The number of hydrogen-bond acceptors (Lipinski definition) is 3. The predicted molar refractivity (Wildman–Crippen MR) is 90.5 cm³/mol. The van der Waals surface area contributed by atoms with Crippen molar-refractivity contribution in [2.24, 2.45) is 7.05 Å². The second-order valence-electron chi connectivity index (χ2n) is 4.83. The van der Waals surface area contributed by atoms with Gasteiger partial charge in [0.2, 0.25) is 0 Å². The third-order valence-electron chi connectivity index (χ3n) is 3.20. The number of aromatic nitrogens is 3. The van der Waals surface area contributed by atoms with E-state index in [-0.39, 0.29) is 5.15 Å². The molecule has 116 valence electrons. The lowest BCUT2D eigenvalue weighted by Gasteiger charge is -2.06. The zero-order chi connectivity index (χ0) is 16.2. The summed E-state index contributed by atoms with van der Waals surface area (Å²) in [6.45, 7) is 0. The lowest BCUT2D eigenvalue weighted by atomic mass is 10.1. The second-order valence-corrected chi connectivity index (χ2v) is 5.18. The Morgan fingerprint density at radius 1 is 1.13 bits per heavy atom. The van der Waals surface area contributed by atoms with Crippen LogP contribution in [0.25, 0.3) is 11.3 Å². The summed E-state index contributed by atoms with van der Waals surface area (Å²) in [6, 6.07) is 14.5. The monoisotopic (exact) mass is 327 g/mol. The number of pyridine rings is 1. The Kier molecular flexibility index (Phi) is 4.25. The standard InChI is InChI=1S/C16H14ClN5O/c1-22-13(11-6-3-2-4-7-11)10-14(21-22)20-16(23)19-12-8-5-9-18-15(12)17/h2-10H,1H3,(H2,19,20,21,23). The van der Waals surface area contributed by atoms with Gasteiger partial charge in [-0.1, -0.05) is 41.9 Å². The van der Waals surface area contributed by atoms with Gasteiger partial charge in [0.1, 0.15) is 0 Å². The van der Waals surface area contributed by atoms with Gasteiger partial charge in [-0.15, -0.1) is 0 Å². The topological polar surface area (TPSA) is 71.8 Å². The molecule has 2 aromatic heterocycles. The first-order valence-electron chi connectivity index (χ1n) is 6.91. The normalized spacial score (nSPS) is 10.3. The Hall–Kier alpha value is -2.86. The Morgan fingerprint density at radius 2 is 1.91 bits per heavy atom. The van der Waals surface area contributed by atoms with E-state index in [0.717, 1.165) is 11.3 Å². The number of carbonyl (C=O) groups is 1. The van der Waals surface area contributed by atoms with Crippen LogP contribution < -0.4 is 10.6 Å². The third-order valence-corrected chi connectivity index (χ3v) is 3.50. The van der Waals surface area contributed by atoms with Gasteiger partial charge in [-0.05, 0) is 17.7 Å². The van der Waals surface area contributed by atoms with Crippen molar-refractivity contribution in [2.45, 2.75) is 0 Å². The number of hydrogen-bond donors (Lipinski definition) is 2. The quantitative estimate of drug-likeness (QED) is 0.719. The van der Waals surface area contributed by atoms with Crippen molar-refractivity contribution in [1.29, 1.82) is 0 Å². The predicted octanol–water partition coefficient (Wildman–Crippen LogP) is 3.78. The van der Waals surface area contributed by atoms with E-state index in [1.165, 1.54) is 0 Å². The van der Waals surface area contributed by atoms with Gasteiger partial charge in [0, 0.05) is 19.3 Å². The number of benzene rings is 1. The minimum absolute atomic E-state index is 0.230. The molecule has 0 atom stereocenters. The van der Waals surface area contributed by atoms with Crippen LogP contribution in [-0.4, -0.2) is 20.8 Å². The molecule has 0 aliphatic carbocycles. The van der Waals surface area contributed by atoms with E-state index in [0.29, 0.717) is 11.5 Å². The fourth-order valence-electron chi connectivity index (χ4n) is 2.16. The summed E-state index contributed by atoms with van der Waals surface area (Å²) in [5, 5.41) is 9.83. The van der Waals surface area contributed by atoms with Crippen LogP contribution in [0.4, 0.5) is 16.3 Å². The Morgan fingerprint density at radius 3 is 2.65 bits per heavy atom. The van der Waals surface area contributed by atoms with Gasteiger partial charge in [0.05, 0.1) is 11.4 Å². The number of amides is 2. The average Bonchev–Trinajstić information content (AvgIpc) is 2.91. The zero-order valence-corrected chi connectivity index (χ0v) is 13.1. The lowest BCUT2D eigenvalue weighted by Crippen LogP contribution is -2.20. The molecule has 2 N–H and O–H groups in total. The Balaban J connectivity index is 1.74. The van der Waals surface area contributed by atoms with Crippen LogP contribution in [0.5, 0.6) is 0 Å². The molecule has 0 radical (unpaired) electrons. The molecule has 7 heteroatoms. The van der Waals surface area contributed by atoms with Crippen LogP contribution in [0.3, 0.4) is 0 Å². The first kappa shape index (κ1) is 15.1. The molecular weight excluding hydrogens is 314 g/mol. The molecule has 1 aromatic carbocycles. The van der Waals surface area contributed by atoms with E-state index in [4.69, 9.17) is 11.6 Å². The summed E-state index contributed by atoms with van der Waals surface area (Å²) in [4.78, 5) is 15.9. The molecule has 6 nitrogen and oxygen atoms in total. The van der Waals surface area contributed by atoms with Gasteiger partial charge >= 0.3 is 6.03 Å². The molecule has 0 saturated heterocycles. The summed E-state index contributed by atoms with van der Waals surface area (Å²) >= 11 is 5.91. The number of carbonyl (C=O) groups excluding carboxylic acids is 1. The van der Waals surface area contributed by atoms with Gasteiger partial charge in [0.25, 0.3) is 0 Å². The van der Waals surface area contributed by atoms with Crippen molar-refractivity contribution in [3.05, 3.63) is 59.9 Å². The van der Waals surface area contributed by atoms with Gasteiger partial charge in [-0.2, -0.15) is 5.10 Å². The van der Waals surface area contributed by atoms with Crippen LogP contribution >= 0.6 is 11.6 Å². The number of aryl methyl sites for hydroxylation is 1. The van der Waals surface area contributed by atoms with E-state index in [2.05, 4.69) is 20.7 Å². The largest absolute Gasteiger partial charge is 0.324 e. The molecule has 0 unspecified atom stereocenters. The van der Waals surface area contributed by atoms with Gasteiger partial charge in [-0.3, -0.25) is 10.00 Å². The molecule has 0 aliphatic rings. The van der Waals surface area contributed by atoms with Crippen LogP contribution in [0, 0.1) is 0 Å². The van der Waals surface area contributed by atoms with Crippen molar-refractivity contribution < 1.29 is 4.79 Å². The van der Waals surface area contributed by atoms with Crippen LogP contribution in [0.1, 0.15) is 0 Å². The van der Waals surface area contributed by atoms with Crippen molar-refractivity contribution >= 4 is 29.1 Å². The maximum atomic E-state index is 12.0. The van der Waals surface area contributed by atoms with Crippen molar-refractivity contribution in [2.75, 3.05) is 10.6 Å². The first-order chi connectivity index (χ1) is 11.1. The first-order valence-corrected chi connectivity index (χ1v) is 7.29. The number of nitrogens with zero attached hydrogens (tertiary/aromatic N) is 3. The number of urea groups is 1. The summed E-state index contributed by atoms with van der Waals surface area (Å²) < 4.78 is 1.71. The van der Waals surface area contributed by atoms with Crippen molar-refractivity contribution in [3.63, 3.8) is 0 Å². The van der Waals surface area contributed by atoms with E-state index in [1.807, 2.05) is 37.4 Å². The molecular formula is C16H14ClN5O. The molecule has 23 heavy (non-hydrogen) atoms. The smallest absolute Gasteiger partial charge is 0.305 e. The highest BCUT2D eigenvalue weighted by molar-refractivity contribution is 6.32. The van der Waals surface area contributed by atoms with E-state index >= 15 is 0 Å². The molecule has 2 amide bonds. The molecule has 0 saturated carbocycles. The third kappa shape index (κ3) is 3.49. The minimum Gasteiger partial charge on any atom is -0.305 e. The van der Waals surface area contributed by atoms with E-state index in [1.54, 1.807) is 29.1 Å². The van der Waals surface area contributed by atoms with Crippen LogP contribution in [0.15, 0.2) is 54.7 Å². The summed E-state index contributed by atoms with van der Waals surface area (Å²) in [5.74, 6) is 0.448. The highest BCUT2D eigenvalue weighted by Crippen LogP contribution is 2.22. The van der Waals surface area contributed by atoms with Gasteiger partial charge < -0.3 is 5.32 Å². The molecule has 0 bridgehead atoms. The van der Waals surface area contributed by atoms with Crippen LogP contribution in [0.2, 0.25) is 5.15 Å². The zero-order valence-electron chi connectivity index (χ0n) is 12.3. The van der Waals surface area contributed by atoms with E-state index < -0.39 is 6.03 Å². The average molecular weight is 328 g/mol. The molecule has 0 aliphatic heterocycles. The Bertz CT molecular complexity index is 831. The number of halogens is 1.